The number of hydrogen-bond donors (Lipinski definition) is 1. The summed E-state index contributed by atoms with van der Waals surface area (Å²) in [6.07, 6.45) is 1.66. The van der Waals surface area contributed by atoms with Gasteiger partial charge in [0.25, 0.3) is 0 Å². The van der Waals surface area contributed by atoms with Crippen LogP contribution in [-0.2, 0) is 9.59 Å². The number of rotatable bonds is 6. The van der Waals surface area contributed by atoms with Crippen LogP contribution in [0.1, 0.15) is 25.5 Å². The summed E-state index contributed by atoms with van der Waals surface area (Å²) in [6.45, 7) is 7.50. The van der Waals surface area contributed by atoms with E-state index in [0.29, 0.717) is 18.1 Å². The second-order valence-corrected chi connectivity index (χ2v) is 6.69. The summed E-state index contributed by atoms with van der Waals surface area (Å²) in [7, 11) is 3.55. The summed E-state index contributed by atoms with van der Waals surface area (Å²) in [5, 5.41) is 6.65. The molecule has 1 unspecified atom stereocenters. The number of anilines is 1. The molecule has 0 radical (unpaired) electrons. The van der Waals surface area contributed by atoms with Gasteiger partial charge >= 0.3 is 0 Å². The molecule has 1 aromatic rings. The van der Waals surface area contributed by atoms with Gasteiger partial charge in [0.15, 0.2) is 5.82 Å². The third-order valence-corrected chi connectivity index (χ3v) is 4.49. The number of nitrogens with one attached hydrogen (secondary N) is 1. The van der Waals surface area contributed by atoms with E-state index in [1.807, 2.05) is 6.92 Å². The maximum atomic E-state index is 12.6. The molecule has 2 amide bonds. The Kier molecular flexibility index (Phi) is 6.95. The van der Waals surface area contributed by atoms with Gasteiger partial charge in [-0.05, 0) is 26.3 Å². The smallest absolute Gasteiger partial charge is 0.242 e. The third kappa shape index (κ3) is 5.54. The van der Waals surface area contributed by atoms with Crippen LogP contribution in [0.2, 0.25) is 0 Å². The fourth-order valence-electron chi connectivity index (χ4n) is 3.04. The Morgan fingerprint density at radius 2 is 2.08 bits per heavy atom. The fourth-order valence-corrected chi connectivity index (χ4v) is 3.04. The molecule has 0 spiro atoms. The highest BCUT2D eigenvalue weighted by Gasteiger charge is 2.27. The van der Waals surface area contributed by atoms with E-state index in [1.165, 1.54) is 0 Å². The molecule has 140 valence electrons. The molecule has 1 N–H and O–H groups in total. The zero-order chi connectivity index (χ0) is 18.4. The van der Waals surface area contributed by atoms with Gasteiger partial charge in [-0.2, -0.15) is 0 Å². The Morgan fingerprint density at radius 1 is 1.32 bits per heavy atom. The zero-order valence-corrected chi connectivity index (χ0v) is 15.6. The Labute approximate surface area is 149 Å². The van der Waals surface area contributed by atoms with Crippen LogP contribution in [0.4, 0.5) is 5.82 Å². The van der Waals surface area contributed by atoms with Crippen molar-refractivity contribution in [3.63, 3.8) is 0 Å². The lowest BCUT2D eigenvalue weighted by molar-refractivity contribution is -0.130. The molecule has 0 aliphatic carbocycles. The van der Waals surface area contributed by atoms with E-state index in [9.17, 15) is 9.59 Å². The van der Waals surface area contributed by atoms with Gasteiger partial charge in [-0.15, -0.1) is 0 Å². The first-order valence-electron chi connectivity index (χ1n) is 8.81. The van der Waals surface area contributed by atoms with Crippen LogP contribution in [0, 0.1) is 6.92 Å². The van der Waals surface area contributed by atoms with Crippen LogP contribution >= 0.6 is 0 Å². The van der Waals surface area contributed by atoms with Crippen molar-refractivity contribution in [2.75, 3.05) is 52.1 Å². The van der Waals surface area contributed by atoms with Crippen molar-refractivity contribution in [3.8, 4) is 0 Å². The summed E-state index contributed by atoms with van der Waals surface area (Å²) in [4.78, 5) is 30.5. The van der Waals surface area contributed by atoms with Gasteiger partial charge in [0.05, 0.1) is 12.6 Å². The van der Waals surface area contributed by atoms with Crippen molar-refractivity contribution >= 4 is 17.6 Å². The number of hydrogen-bond acceptors (Lipinski definition) is 6. The average molecular weight is 351 g/mol. The first-order chi connectivity index (χ1) is 11.9. The number of carbonyl (C=O) groups is 2. The van der Waals surface area contributed by atoms with Crippen LogP contribution in [-0.4, -0.2) is 84.5 Å². The standard InChI is InChI=1S/C17H29N5O3/c1-5-14(17(24)18-15-11-13(2)25-19-15)22-8-6-7-21(9-10-22)12-16(23)20(3)4/h11,14H,5-10,12H2,1-4H3,(H,18,19,24). The largest absolute Gasteiger partial charge is 0.360 e. The Balaban J connectivity index is 1.92. The predicted molar refractivity (Wildman–Crippen MR) is 95.3 cm³/mol. The second-order valence-electron chi connectivity index (χ2n) is 6.69. The van der Waals surface area contributed by atoms with Crippen LogP contribution in [0.15, 0.2) is 10.6 Å². The van der Waals surface area contributed by atoms with E-state index in [2.05, 4.69) is 20.3 Å². The summed E-state index contributed by atoms with van der Waals surface area (Å²) in [6, 6.07) is 1.50. The Hall–Kier alpha value is -1.93. The van der Waals surface area contributed by atoms with Gasteiger partial charge in [-0.1, -0.05) is 12.1 Å². The lowest BCUT2D eigenvalue weighted by atomic mass is 10.1. The highest BCUT2D eigenvalue weighted by atomic mass is 16.5. The molecule has 25 heavy (non-hydrogen) atoms. The molecule has 0 saturated carbocycles. The van der Waals surface area contributed by atoms with E-state index in [-0.39, 0.29) is 17.9 Å². The summed E-state index contributed by atoms with van der Waals surface area (Å²) in [5.74, 6) is 1.17. The molecule has 8 nitrogen and oxygen atoms in total. The van der Waals surface area contributed by atoms with Crippen LogP contribution in [0.3, 0.4) is 0 Å². The van der Waals surface area contributed by atoms with Crippen molar-refractivity contribution in [1.82, 2.24) is 19.9 Å². The van der Waals surface area contributed by atoms with E-state index >= 15 is 0 Å². The Morgan fingerprint density at radius 3 is 2.68 bits per heavy atom. The summed E-state index contributed by atoms with van der Waals surface area (Å²) in [5.41, 5.74) is 0. The number of aromatic nitrogens is 1. The van der Waals surface area contributed by atoms with Crippen LogP contribution < -0.4 is 5.32 Å². The molecule has 1 atom stereocenters. The quantitative estimate of drug-likeness (QED) is 0.816. The van der Waals surface area contributed by atoms with E-state index in [0.717, 1.165) is 39.0 Å². The molecule has 1 fully saturated rings. The average Bonchev–Trinajstić information content (AvgIpc) is 2.82. The molecule has 1 aliphatic heterocycles. The van der Waals surface area contributed by atoms with Crippen LogP contribution in [0.25, 0.3) is 0 Å². The second kappa shape index (κ2) is 8.96. The van der Waals surface area contributed by atoms with Gasteiger partial charge in [-0.3, -0.25) is 19.4 Å². The van der Waals surface area contributed by atoms with Gasteiger partial charge in [0, 0.05) is 39.8 Å². The molecular formula is C17H29N5O3. The molecule has 1 saturated heterocycles. The number of likely N-dealkylation sites (N-methyl/N-ethyl adjacent to an activating group) is 1. The molecule has 0 aromatic carbocycles. The van der Waals surface area contributed by atoms with Crippen molar-refractivity contribution in [2.45, 2.75) is 32.7 Å². The number of nitrogens with zero attached hydrogens (tertiary/aromatic N) is 4. The number of amides is 2. The predicted octanol–water partition coefficient (Wildman–Crippen LogP) is 0.796. The molecule has 0 bridgehead atoms. The molecule has 2 heterocycles. The van der Waals surface area contributed by atoms with Crippen molar-refractivity contribution in [2.24, 2.45) is 0 Å². The molecule has 2 rings (SSSR count). The fraction of sp³-hybridized carbons (Fsp3) is 0.706. The first kappa shape index (κ1) is 19.4. The maximum absolute atomic E-state index is 12.6. The normalized spacial score (nSPS) is 17.8. The first-order valence-corrected chi connectivity index (χ1v) is 8.81. The van der Waals surface area contributed by atoms with Crippen LogP contribution in [0.5, 0.6) is 0 Å². The number of carbonyl (C=O) groups excluding carboxylic acids is 2. The molecule has 8 heteroatoms. The highest BCUT2D eigenvalue weighted by molar-refractivity contribution is 5.94. The third-order valence-electron chi connectivity index (χ3n) is 4.49. The Bertz CT molecular complexity index is 587. The lowest BCUT2D eigenvalue weighted by Crippen LogP contribution is -2.46. The van der Waals surface area contributed by atoms with Gasteiger partial charge in [-0.25, -0.2) is 0 Å². The van der Waals surface area contributed by atoms with Crippen molar-refractivity contribution in [1.29, 1.82) is 0 Å². The number of aryl methyl sites for hydroxylation is 1. The van der Waals surface area contributed by atoms with E-state index < -0.39 is 0 Å². The molecular weight excluding hydrogens is 322 g/mol. The van der Waals surface area contributed by atoms with Crippen molar-refractivity contribution in [3.05, 3.63) is 11.8 Å². The molecule has 1 aromatic heterocycles. The summed E-state index contributed by atoms with van der Waals surface area (Å²) < 4.78 is 4.99. The van der Waals surface area contributed by atoms with E-state index in [4.69, 9.17) is 4.52 Å². The van der Waals surface area contributed by atoms with Gasteiger partial charge in [0.2, 0.25) is 11.8 Å². The summed E-state index contributed by atoms with van der Waals surface area (Å²) >= 11 is 0. The van der Waals surface area contributed by atoms with Crippen molar-refractivity contribution < 1.29 is 14.1 Å². The lowest BCUT2D eigenvalue weighted by Gasteiger charge is -2.28. The van der Waals surface area contributed by atoms with E-state index in [1.54, 1.807) is 32.0 Å². The van der Waals surface area contributed by atoms with Gasteiger partial charge < -0.3 is 14.7 Å². The minimum Gasteiger partial charge on any atom is -0.360 e. The highest BCUT2D eigenvalue weighted by Crippen LogP contribution is 2.14. The topological polar surface area (TPSA) is 81.9 Å². The minimum atomic E-state index is -0.207. The monoisotopic (exact) mass is 351 g/mol. The SMILES string of the molecule is CCC(C(=O)Nc1cc(C)on1)N1CCCN(CC(=O)N(C)C)CC1. The van der Waals surface area contributed by atoms with Gasteiger partial charge in [0.1, 0.15) is 5.76 Å². The zero-order valence-electron chi connectivity index (χ0n) is 15.6. The minimum absolute atomic E-state index is 0.0615. The molecule has 1 aliphatic rings. The maximum Gasteiger partial charge on any atom is 0.242 e.